The minimum Gasteiger partial charge on any atom is -0.507 e. The number of carbonyl (C=O) groups excluding carboxylic acids is 1. The van der Waals surface area contributed by atoms with Crippen molar-refractivity contribution in [3.05, 3.63) is 77.6 Å². The quantitative estimate of drug-likeness (QED) is 0.454. The number of aromatic hydroxyl groups is 1. The van der Waals surface area contributed by atoms with Crippen molar-refractivity contribution in [3.63, 3.8) is 0 Å². The maximum Gasteiger partial charge on any atom is 0.268 e. The standard InChI is InChI=1S/C24H27FN4O5S/c1-16-27-14-15-29(16)35(32,33)24(17-10-12-26-13-11-17,18-6-3-4-7-19(18)25)28-23(31)22-20(30)8-5-9-21(22)34-2/h3-9,14-15,17,26,30H,10-13H2,1-2H3,(H,28,31). The van der Waals surface area contributed by atoms with E-state index in [0.29, 0.717) is 25.9 Å². The first-order valence-corrected chi connectivity index (χ1v) is 12.6. The van der Waals surface area contributed by atoms with E-state index in [2.05, 4.69) is 15.6 Å². The number of nitrogens with one attached hydrogen (secondary N) is 2. The number of aryl methyl sites for hydroxylation is 1. The third-order valence-electron chi connectivity index (χ3n) is 6.39. The van der Waals surface area contributed by atoms with Gasteiger partial charge in [0.1, 0.15) is 28.7 Å². The van der Waals surface area contributed by atoms with Crippen molar-refractivity contribution in [1.29, 1.82) is 0 Å². The predicted octanol–water partition coefficient (Wildman–Crippen LogP) is 2.51. The molecule has 35 heavy (non-hydrogen) atoms. The number of hydrogen-bond donors (Lipinski definition) is 3. The van der Waals surface area contributed by atoms with Crippen molar-refractivity contribution < 1.29 is 27.4 Å². The number of phenolic OH excluding ortho intramolecular Hbond substituents is 1. The average molecular weight is 503 g/mol. The molecule has 2 aromatic carbocycles. The van der Waals surface area contributed by atoms with Gasteiger partial charge in [0.15, 0.2) is 4.87 Å². The Hall–Kier alpha value is -3.44. The molecule has 186 valence electrons. The fourth-order valence-electron chi connectivity index (χ4n) is 4.72. The summed E-state index contributed by atoms with van der Waals surface area (Å²) in [6, 6.07) is 9.76. The summed E-state index contributed by atoms with van der Waals surface area (Å²) < 4.78 is 50.5. The van der Waals surface area contributed by atoms with Gasteiger partial charge in [-0.2, -0.15) is 0 Å². The van der Waals surface area contributed by atoms with Crippen molar-refractivity contribution in [2.45, 2.75) is 24.6 Å². The average Bonchev–Trinajstić information content (AvgIpc) is 3.29. The molecule has 0 spiro atoms. The van der Waals surface area contributed by atoms with Gasteiger partial charge in [0.2, 0.25) is 0 Å². The Morgan fingerprint density at radius 1 is 1.23 bits per heavy atom. The van der Waals surface area contributed by atoms with Gasteiger partial charge in [0.05, 0.1) is 7.11 Å². The number of hydrogen-bond acceptors (Lipinski definition) is 7. The number of benzene rings is 2. The molecule has 0 radical (unpaired) electrons. The number of nitrogens with zero attached hydrogens (tertiary/aromatic N) is 2. The van der Waals surface area contributed by atoms with Crippen LogP contribution in [0.5, 0.6) is 11.5 Å². The third kappa shape index (κ3) is 4.14. The smallest absolute Gasteiger partial charge is 0.268 e. The summed E-state index contributed by atoms with van der Waals surface area (Å²) in [5, 5.41) is 16.3. The van der Waals surface area contributed by atoms with Crippen LogP contribution >= 0.6 is 0 Å². The van der Waals surface area contributed by atoms with E-state index in [4.69, 9.17) is 4.74 Å². The van der Waals surface area contributed by atoms with Crippen LogP contribution in [0, 0.1) is 18.7 Å². The molecule has 1 unspecified atom stereocenters. The van der Waals surface area contributed by atoms with Crippen LogP contribution in [0.1, 0.15) is 34.6 Å². The minimum absolute atomic E-state index is 0.0476. The number of piperidine rings is 1. The molecule has 0 saturated carbocycles. The lowest BCUT2D eigenvalue weighted by Gasteiger charge is -2.43. The van der Waals surface area contributed by atoms with Gasteiger partial charge in [-0.05, 0) is 51.1 Å². The van der Waals surface area contributed by atoms with Gasteiger partial charge in [0, 0.05) is 23.9 Å². The zero-order valence-corrected chi connectivity index (χ0v) is 20.2. The Morgan fingerprint density at radius 2 is 1.94 bits per heavy atom. The summed E-state index contributed by atoms with van der Waals surface area (Å²) in [4.78, 5) is 15.5. The SMILES string of the molecule is COc1cccc(O)c1C(=O)NC(c1ccccc1F)(C1CCNCC1)S(=O)(=O)n1ccnc1C. The van der Waals surface area contributed by atoms with Crippen LogP contribution in [0.15, 0.2) is 54.9 Å². The van der Waals surface area contributed by atoms with E-state index in [1.54, 1.807) is 0 Å². The zero-order chi connectivity index (χ0) is 25.2. The Morgan fingerprint density at radius 3 is 2.57 bits per heavy atom. The van der Waals surface area contributed by atoms with Gasteiger partial charge in [-0.15, -0.1) is 0 Å². The van der Waals surface area contributed by atoms with Gasteiger partial charge in [-0.3, -0.25) is 4.79 Å². The lowest BCUT2D eigenvalue weighted by molar-refractivity contribution is 0.0881. The van der Waals surface area contributed by atoms with E-state index in [-0.39, 0.29) is 22.7 Å². The predicted molar refractivity (Wildman–Crippen MR) is 127 cm³/mol. The van der Waals surface area contributed by atoms with Gasteiger partial charge in [-0.1, -0.05) is 24.3 Å². The number of aromatic nitrogens is 2. The maximum absolute atomic E-state index is 15.5. The van der Waals surface area contributed by atoms with E-state index in [1.165, 1.54) is 62.8 Å². The fourth-order valence-corrected chi connectivity index (χ4v) is 6.96. The highest BCUT2D eigenvalue weighted by molar-refractivity contribution is 7.90. The molecule has 11 heteroatoms. The number of imidazole rings is 1. The molecule has 4 rings (SSSR count). The molecule has 3 aromatic rings. The lowest BCUT2D eigenvalue weighted by Crippen LogP contribution is -2.60. The van der Waals surface area contributed by atoms with E-state index in [9.17, 15) is 18.3 Å². The first kappa shape index (κ1) is 24.7. The molecule has 1 amide bonds. The molecule has 1 aliphatic heterocycles. The van der Waals surface area contributed by atoms with Crippen molar-refractivity contribution in [2.24, 2.45) is 5.92 Å². The first-order chi connectivity index (χ1) is 16.7. The molecule has 9 nitrogen and oxygen atoms in total. The first-order valence-electron chi connectivity index (χ1n) is 11.1. The van der Waals surface area contributed by atoms with Crippen LogP contribution in [-0.2, 0) is 14.9 Å². The van der Waals surface area contributed by atoms with Crippen LogP contribution < -0.4 is 15.4 Å². The van der Waals surface area contributed by atoms with E-state index in [1.807, 2.05) is 0 Å². The zero-order valence-electron chi connectivity index (χ0n) is 19.4. The number of ether oxygens (including phenoxy) is 1. The Bertz CT molecular complexity index is 1340. The van der Waals surface area contributed by atoms with Crippen LogP contribution in [0.3, 0.4) is 0 Å². The number of carbonyl (C=O) groups is 1. The summed E-state index contributed by atoms with van der Waals surface area (Å²) in [5.41, 5.74) is -0.440. The van der Waals surface area contributed by atoms with E-state index < -0.39 is 38.3 Å². The van der Waals surface area contributed by atoms with Crippen molar-refractivity contribution in [2.75, 3.05) is 20.2 Å². The summed E-state index contributed by atoms with van der Waals surface area (Å²) in [5.74, 6) is -2.58. The van der Waals surface area contributed by atoms with Crippen molar-refractivity contribution in [3.8, 4) is 11.5 Å². The number of rotatable bonds is 7. The molecule has 1 atom stereocenters. The molecule has 1 saturated heterocycles. The molecular formula is C24H27FN4O5S. The van der Waals surface area contributed by atoms with Crippen LogP contribution in [-0.4, -0.2) is 48.6 Å². The van der Waals surface area contributed by atoms with Crippen molar-refractivity contribution >= 4 is 15.9 Å². The minimum atomic E-state index is -4.53. The van der Waals surface area contributed by atoms with Crippen LogP contribution in [0.25, 0.3) is 0 Å². The molecule has 0 aliphatic carbocycles. The van der Waals surface area contributed by atoms with Gasteiger partial charge >= 0.3 is 0 Å². The highest BCUT2D eigenvalue weighted by Crippen LogP contribution is 2.43. The molecular weight excluding hydrogens is 475 g/mol. The molecule has 2 heterocycles. The second-order valence-electron chi connectivity index (χ2n) is 8.32. The third-order valence-corrected chi connectivity index (χ3v) is 8.76. The monoisotopic (exact) mass is 502 g/mol. The van der Waals surface area contributed by atoms with Gasteiger partial charge in [-0.25, -0.2) is 21.8 Å². The second-order valence-corrected chi connectivity index (χ2v) is 10.3. The Kier molecular flexibility index (Phi) is 6.82. The molecule has 0 bridgehead atoms. The molecule has 1 aliphatic rings. The van der Waals surface area contributed by atoms with Gasteiger partial charge in [0.25, 0.3) is 15.9 Å². The summed E-state index contributed by atoms with van der Waals surface area (Å²) >= 11 is 0. The summed E-state index contributed by atoms with van der Waals surface area (Å²) in [6.07, 6.45) is 3.29. The number of halogens is 1. The highest BCUT2D eigenvalue weighted by Gasteiger charge is 2.55. The van der Waals surface area contributed by atoms with Crippen LogP contribution in [0.4, 0.5) is 4.39 Å². The van der Waals surface area contributed by atoms with E-state index in [0.717, 1.165) is 10.0 Å². The maximum atomic E-state index is 15.5. The lowest BCUT2D eigenvalue weighted by atomic mass is 9.84. The Balaban J connectivity index is 2.02. The topological polar surface area (TPSA) is 123 Å². The van der Waals surface area contributed by atoms with E-state index >= 15 is 4.39 Å². The number of phenols is 1. The van der Waals surface area contributed by atoms with Crippen LogP contribution in [0.2, 0.25) is 0 Å². The number of methoxy groups -OCH3 is 1. The summed E-state index contributed by atoms with van der Waals surface area (Å²) in [7, 11) is -3.20. The van der Waals surface area contributed by atoms with Crippen molar-refractivity contribution in [1.82, 2.24) is 19.6 Å². The molecule has 1 aromatic heterocycles. The van der Waals surface area contributed by atoms with Gasteiger partial charge < -0.3 is 20.5 Å². The number of amides is 1. The Labute approximate surface area is 203 Å². The molecule has 1 fully saturated rings. The fraction of sp³-hybridized carbons (Fsp3) is 0.333. The second kappa shape index (κ2) is 9.67. The summed E-state index contributed by atoms with van der Waals surface area (Å²) in [6.45, 7) is 2.48. The largest absolute Gasteiger partial charge is 0.507 e. The molecule has 3 N–H and O–H groups in total. The highest BCUT2D eigenvalue weighted by atomic mass is 32.2. The normalized spacial score (nSPS) is 16.4.